The van der Waals surface area contributed by atoms with Crippen molar-refractivity contribution in [1.29, 1.82) is 0 Å². The molecule has 0 radical (unpaired) electrons. The summed E-state index contributed by atoms with van der Waals surface area (Å²) in [5.41, 5.74) is 6.85. The number of hydrogen-bond acceptors (Lipinski definition) is 3. The van der Waals surface area contributed by atoms with Gasteiger partial charge in [-0.15, -0.1) is 0 Å². The molecule has 1 amide bonds. The van der Waals surface area contributed by atoms with Crippen LogP contribution < -0.4 is 5.73 Å². The lowest BCUT2D eigenvalue weighted by Gasteiger charge is -2.21. The van der Waals surface area contributed by atoms with Crippen LogP contribution in [-0.4, -0.2) is 39.4 Å². The van der Waals surface area contributed by atoms with Crippen molar-refractivity contribution in [2.75, 3.05) is 6.54 Å². The summed E-state index contributed by atoms with van der Waals surface area (Å²) in [7, 11) is 0. The molecule has 1 saturated carbocycles. The number of carbonyl (C=O) groups is 1. The molecule has 0 bridgehead atoms. The lowest BCUT2D eigenvalue weighted by Crippen LogP contribution is -2.45. The third-order valence-corrected chi connectivity index (χ3v) is 3.62. The Hall–Kier alpha value is -1.36. The summed E-state index contributed by atoms with van der Waals surface area (Å²) in [6, 6.07) is 0.0696. The zero-order valence-electron chi connectivity index (χ0n) is 9.10. The summed E-state index contributed by atoms with van der Waals surface area (Å²) in [4.78, 5) is 20.9. The van der Waals surface area contributed by atoms with E-state index in [4.69, 9.17) is 5.73 Å². The van der Waals surface area contributed by atoms with Crippen LogP contribution in [0.15, 0.2) is 12.5 Å². The number of nitrogens with two attached hydrogens (primary N) is 1. The minimum atomic E-state index is -0.431. The fraction of sp³-hybridized carbons (Fsp3) is 0.636. The van der Waals surface area contributed by atoms with Crippen molar-refractivity contribution in [3.63, 3.8) is 0 Å². The molecule has 5 nitrogen and oxygen atoms in total. The van der Waals surface area contributed by atoms with Crippen LogP contribution in [0.4, 0.5) is 0 Å². The normalized spacial score (nSPS) is 28.9. The van der Waals surface area contributed by atoms with Gasteiger partial charge < -0.3 is 15.6 Å². The predicted octanol–water partition coefficient (Wildman–Crippen LogP) is -0.0997. The van der Waals surface area contributed by atoms with Gasteiger partial charge in [-0.1, -0.05) is 0 Å². The molecule has 1 aliphatic heterocycles. The number of rotatable bonds is 3. The average molecular weight is 220 g/mol. The van der Waals surface area contributed by atoms with E-state index in [2.05, 4.69) is 9.97 Å². The summed E-state index contributed by atoms with van der Waals surface area (Å²) in [6.45, 7) is 0.894. The topological polar surface area (TPSA) is 75.0 Å². The van der Waals surface area contributed by atoms with E-state index in [0.29, 0.717) is 12.5 Å². The lowest BCUT2D eigenvalue weighted by atomic mass is 10.1. The molecule has 1 aromatic rings. The van der Waals surface area contributed by atoms with Crippen LogP contribution >= 0.6 is 0 Å². The van der Waals surface area contributed by atoms with Gasteiger partial charge in [-0.2, -0.15) is 0 Å². The van der Waals surface area contributed by atoms with E-state index in [1.807, 2.05) is 4.90 Å². The summed E-state index contributed by atoms with van der Waals surface area (Å²) in [6.07, 6.45) is 6.22. The highest BCUT2D eigenvalue weighted by Gasteiger charge is 2.49. The molecule has 1 saturated heterocycles. The molecular weight excluding hydrogens is 204 g/mol. The van der Waals surface area contributed by atoms with Crippen LogP contribution in [0.2, 0.25) is 0 Å². The van der Waals surface area contributed by atoms with E-state index in [1.165, 1.54) is 6.42 Å². The Bertz CT molecular complexity index is 389. The van der Waals surface area contributed by atoms with Crippen molar-refractivity contribution >= 4 is 5.91 Å². The Kier molecular flexibility index (Phi) is 2.21. The number of H-pyrrole nitrogens is 1. The van der Waals surface area contributed by atoms with Gasteiger partial charge in [0.05, 0.1) is 12.4 Å². The van der Waals surface area contributed by atoms with Crippen molar-refractivity contribution in [2.24, 2.45) is 11.7 Å². The van der Waals surface area contributed by atoms with Crippen molar-refractivity contribution in [2.45, 2.75) is 31.3 Å². The second-order valence-electron chi connectivity index (χ2n) is 4.77. The molecule has 0 unspecified atom stereocenters. The van der Waals surface area contributed by atoms with E-state index in [0.717, 1.165) is 24.6 Å². The molecule has 2 aliphatic rings. The number of likely N-dealkylation sites (tertiary alicyclic amines) is 1. The van der Waals surface area contributed by atoms with Gasteiger partial charge in [0.15, 0.2) is 0 Å². The molecule has 3 N–H and O–H groups in total. The van der Waals surface area contributed by atoms with E-state index < -0.39 is 6.04 Å². The number of carbonyl (C=O) groups excluding carboxylic acids is 1. The molecule has 1 aliphatic carbocycles. The lowest BCUT2D eigenvalue weighted by molar-refractivity contribution is -0.132. The van der Waals surface area contributed by atoms with Crippen molar-refractivity contribution in [3.05, 3.63) is 18.2 Å². The van der Waals surface area contributed by atoms with Crippen LogP contribution in [0, 0.1) is 5.92 Å². The standard InChI is InChI=1S/C11H16N4O/c12-9(4-8-5-13-6-14-8)11(16)15-2-1-7-3-10(7)15/h5-7,9-10H,1-4,12H2,(H,13,14)/t7-,9+,10+/m1/s1. The fourth-order valence-corrected chi connectivity index (χ4v) is 2.60. The minimum Gasteiger partial charge on any atom is -0.348 e. The highest BCUT2D eigenvalue weighted by molar-refractivity contribution is 5.83. The molecule has 0 spiro atoms. The number of nitrogens with zero attached hydrogens (tertiary/aromatic N) is 2. The maximum absolute atomic E-state index is 12.1. The smallest absolute Gasteiger partial charge is 0.240 e. The molecular formula is C11H16N4O. The van der Waals surface area contributed by atoms with Gasteiger partial charge >= 0.3 is 0 Å². The number of hydrogen-bond donors (Lipinski definition) is 2. The van der Waals surface area contributed by atoms with Gasteiger partial charge in [0.2, 0.25) is 5.91 Å². The number of aromatic nitrogens is 2. The van der Waals surface area contributed by atoms with E-state index in [-0.39, 0.29) is 5.91 Å². The highest BCUT2D eigenvalue weighted by atomic mass is 16.2. The first-order valence-corrected chi connectivity index (χ1v) is 5.79. The van der Waals surface area contributed by atoms with Crippen LogP contribution in [0.1, 0.15) is 18.5 Å². The average Bonchev–Trinajstić information content (AvgIpc) is 2.73. The number of imidazole rings is 1. The Morgan fingerprint density at radius 2 is 2.62 bits per heavy atom. The number of aromatic amines is 1. The second-order valence-corrected chi connectivity index (χ2v) is 4.77. The summed E-state index contributed by atoms with van der Waals surface area (Å²) >= 11 is 0. The number of fused-ring (bicyclic) bond motifs is 1. The van der Waals surface area contributed by atoms with Gasteiger partial charge in [-0.3, -0.25) is 4.79 Å². The number of nitrogens with one attached hydrogen (secondary N) is 1. The largest absolute Gasteiger partial charge is 0.348 e. The quantitative estimate of drug-likeness (QED) is 0.747. The van der Waals surface area contributed by atoms with Gasteiger partial charge in [-0.25, -0.2) is 4.98 Å². The summed E-state index contributed by atoms with van der Waals surface area (Å²) < 4.78 is 0. The zero-order valence-corrected chi connectivity index (χ0v) is 9.10. The molecule has 3 atom stereocenters. The molecule has 16 heavy (non-hydrogen) atoms. The predicted molar refractivity (Wildman–Crippen MR) is 58.5 cm³/mol. The van der Waals surface area contributed by atoms with Crippen molar-refractivity contribution in [3.8, 4) is 0 Å². The second kappa shape index (κ2) is 3.59. The Morgan fingerprint density at radius 1 is 1.75 bits per heavy atom. The van der Waals surface area contributed by atoms with Crippen LogP contribution in [0.3, 0.4) is 0 Å². The van der Waals surface area contributed by atoms with Gasteiger partial charge in [-0.05, 0) is 18.8 Å². The van der Waals surface area contributed by atoms with Gasteiger partial charge in [0.25, 0.3) is 0 Å². The van der Waals surface area contributed by atoms with Crippen LogP contribution in [0.25, 0.3) is 0 Å². The Morgan fingerprint density at radius 3 is 3.19 bits per heavy atom. The number of amides is 1. The van der Waals surface area contributed by atoms with E-state index in [9.17, 15) is 4.79 Å². The van der Waals surface area contributed by atoms with Crippen molar-refractivity contribution < 1.29 is 4.79 Å². The summed E-state index contributed by atoms with van der Waals surface area (Å²) in [5, 5.41) is 0. The molecule has 5 heteroatoms. The third-order valence-electron chi connectivity index (χ3n) is 3.62. The Balaban J connectivity index is 1.61. The van der Waals surface area contributed by atoms with Gasteiger partial charge in [0.1, 0.15) is 0 Å². The first-order valence-electron chi connectivity index (χ1n) is 5.79. The fourth-order valence-electron chi connectivity index (χ4n) is 2.60. The molecule has 1 aromatic heterocycles. The number of piperidine rings is 1. The highest BCUT2D eigenvalue weighted by Crippen LogP contribution is 2.44. The first kappa shape index (κ1) is 9.84. The van der Waals surface area contributed by atoms with E-state index >= 15 is 0 Å². The zero-order chi connectivity index (χ0) is 11.1. The molecule has 3 rings (SSSR count). The monoisotopic (exact) mass is 220 g/mol. The maximum atomic E-state index is 12.1. The minimum absolute atomic E-state index is 0.0969. The third kappa shape index (κ3) is 1.61. The molecule has 2 heterocycles. The maximum Gasteiger partial charge on any atom is 0.240 e. The van der Waals surface area contributed by atoms with Crippen molar-refractivity contribution in [1.82, 2.24) is 14.9 Å². The molecule has 86 valence electrons. The van der Waals surface area contributed by atoms with Gasteiger partial charge in [0, 0.05) is 30.9 Å². The molecule has 0 aromatic carbocycles. The van der Waals surface area contributed by atoms with Crippen LogP contribution in [0.5, 0.6) is 0 Å². The van der Waals surface area contributed by atoms with Crippen LogP contribution in [-0.2, 0) is 11.2 Å². The van der Waals surface area contributed by atoms with E-state index in [1.54, 1.807) is 12.5 Å². The Labute approximate surface area is 94.0 Å². The SMILES string of the molecule is N[C@@H](Cc1cnc[nH]1)C(=O)N1CC[C@@H]2C[C@@H]21. The summed E-state index contributed by atoms with van der Waals surface area (Å²) in [5.74, 6) is 0.864. The first-order chi connectivity index (χ1) is 7.75. The molecule has 2 fully saturated rings.